The van der Waals surface area contributed by atoms with Crippen LogP contribution in [0.2, 0.25) is 0 Å². The monoisotopic (exact) mass is 243 g/mol. The number of hydrogen-bond donors (Lipinski definition) is 0. The van der Waals surface area contributed by atoms with Crippen molar-refractivity contribution in [3.63, 3.8) is 0 Å². The zero-order chi connectivity index (χ0) is 12.5. The maximum absolute atomic E-state index is 5.67. The third-order valence-electron chi connectivity index (χ3n) is 3.40. The number of benzene rings is 1. The van der Waals surface area contributed by atoms with E-state index in [-0.39, 0.29) is 6.10 Å². The van der Waals surface area contributed by atoms with Gasteiger partial charge in [0.25, 0.3) is 0 Å². The summed E-state index contributed by atoms with van der Waals surface area (Å²) in [4.78, 5) is 11.1. The van der Waals surface area contributed by atoms with E-state index in [0.29, 0.717) is 6.04 Å². The van der Waals surface area contributed by atoms with Gasteiger partial charge in [0, 0.05) is 11.9 Å². The molecule has 18 heavy (non-hydrogen) atoms. The molecule has 1 aromatic heterocycles. The summed E-state index contributed by atoms with van der Waals surface area (Å²) in [5.41, 5.74) is 0.994. The maximum atomic E-state index is 5.67. The van der Waals surface area contributed by atoms with E-state index < -0.39 is 0 Å². The SMILES string of the molecule is C[C@@H]1CO[C@@H](C)CN1c1ncnc2ccccc12. The molecule has 1 aliphatic heterocycles. The third-order valence-corrected chi connectivity index (χ3v) is 3.40. The van der Waals surface area contributed by atoms with Crippen LogP contribution in [0.25, 0.3) is 10.9 Å². The van der Waals surface area contributed by atoms with E-state index in [1.807, 2.05) is 18.2 Å². The van der Waals surface area contributed by atoms with Crippen molar-refractivity contribution < 1.29 is 4.74 Å². The minimum Gasteiger partial charge on any atom is -0.375 e. The Labute approximate surface area is 107 Å². The summed E-state index contributed by atoms with van der Waals surface area (Å²) >= 11 is 0. The summed E-state index contributed by atoms with van der Waals surface area (Å²) in [6, 6.07) is 8.49. The van der Waals surface area contributed by atoms with Gasteiger partial charge in [0.15, 0.2) is 0 Å². The molecule has 1 fully saturated rings. The highest BCUT2D eigenvalue weighted by atomic mass is 16.5. The molecule has 1 aromatic carbocycles. The Morgan fingerprint density at radius 3 is 2.94 bits per heavy atom. The molecule has 2 atom stereocenters. The number of nitrogens with zero attached hydrogens (tertiary/aromatic N) is 3. The predicted octanol–water partition coefficient (Wildman–Crippen LogP) is 2.24. The van der Waals surface area contributed by atoms with Crippen LogP contribution < -0.4 is 4.90 Å². The molecule has 2 heterocycles. The minimum absolute atomic E-state index is 0.245. The lowest BCUT2D eigenvalue weighted by Gasteiger charge is -2.38. The normalized spacial score (nSPS) is 24.4. The number of morpholine rings is 1. The number of hydrogen-bond acceptors (Lipinski definition) is 4. The molecule has 1 aliphatic rings. The average molecular weight is 243 g/mol. The number of ether oxygens (including phenoxy) is 1. The van der Waals surface area contributed by atoms with Gasteiger partial charge in [-0.3, -0.25) is 0 Å². The van der Waals surface area contributed by atoms with Crippen LogP contribution in [0.4, 0.5) is 5.82 Å². The van der Waals surface area contributed by atoms with Gasteiger partial charge in [0.1, 0.15) is 12.1 Å². The highest BCUT2D eigenvalue weighted by Gasteiger charge is 2.25. The molecular formula is C14H17N3O. The van der Waals surface area contributed by atoms with E-state index in [1.54, 1.807) is 6.33 Å². The van der Waals surface area contributed by atoms with Gasteiger partial charge < -0.3 is 9.64 Å². The molecule has 0 amide bonds. The number of fused-ring (bicyclic) bond motifs is 1. The maximum Gasteiger partial charge on any atom is 0.140 e. The van der Waals surface area contributed by atoms with Crippen LogP contribution >= 0.6 is 0 Å². The van der Waals surface area contributed by atoms with Gasteiger partial charge in [-0.15, -0.1) is 0 Å². The summed E-state index contributed by atoms with van der Waals surface area (Å²) in [7, 11) is 0. The molecule has 3 rings (SSSR count). The molecule has 0 radical (unpaired) electrons. The smallest absolute Gasteiger partial charge is 0.140 e. The Balaban J connectivity index is 2.07. The fourth-order valence-electron chi connectivity index (χ4n) is 2.42. The summed E-state index contributed by atoms with van der Waals surface area (Å²) < 4.78 is 5.67. The Kier molecular flexibility index (Phi) is 2.88. The van der Waals surface area contributed by atoms with Crippen LogP contribution in [0.15, 0.2) is 30.6 Å². The van der Waals surface area contributed by atoms with E-state index in [4.69, 9.17) is 4.74 Å². The summed E-state index contributed by atoms with van der Waals surface area (Å²) in [6.07, 6.45) is 1.89. The Bertz CT molecular complexity index is 552. The van der Waals surface area contributed by atoms with Gasteiger partial charge >= 0.3 is 0 Å². The minimum atomic E-state index is 0.245. The second-order valence-corrected chi connectivity index (χ2v) is 4.86. The molecule has 4 nitrogen and oxygen atoms in total. The number of para-hydroxylation sites is 1. The highest BCUT2D eigenvalue weighted by Crippen LogP contribution is 2.26. The largest absolute Gasteiger partial charge is 0.375 e. The second kappa shape index (κ2) is 4.53. The number of anilines is 1. The molecule has 2 aromatic rings. The Hall–Kier alpha value is -1.68. The van der Waals surface area contributed by atoms with Crippen molar-refractivity contribution in [2.75, 3.05) is 18.1 Å². The first kappa shape index (κ1) is 11.4. The molecule has 0 unspecified atom stereocenters. The van der Waals surface area contributed by atoms with Crippen molar-refractivity contribution in [2.45, 2.75) is 26.0 Å². The van der Waals surface area contributed by atoms with Crippen molar-refractivity contribution >= 4 is 16.7 Å². The zero-order valence-corrected chi connectivity index (χ0v) is 10.7. The third kappa shape index (κ3) is 1.93. The fraction of sp³-hybridized carbons (Fsp3) is 0.429. The Morgan fingerprint density at radius 1 is 1.22 bits per heavy atom. The molecule has 0 saturated carbocycles. The van der Waals surface area contributed by atoms with Crippen LogP contribution in [-0.4, -0.2) is 35.3 Å². The quantitative estimate of drug-likeness (QED) is 0.770. The van der Waals surface area contributed by atoms with E-state index >= 15 is 0 Å². The lowest BCUT2D eigenvalue weighted by molar-refractivity contribution is 0.0341. The van der Waals surface area contributed by atoms with Crippen LogP contribution in [0, 0.1) is 0 Å². The van der Waals surface area contributed by atoms with E-state index in [1.165, 1.54) is 0 Å². The fourth-order valence-corrected chi connectivity index (χ4v) is 2.42. The predicted molar refractivity (Wildman–Crippen MR) is 71.8 cm³/mol. The first-order chi connectivity index (χ1) is 8.75. The number of rotatable bonds is 1. The molecular weight excluding hydrogens is 226 g/mol. The lowest BCUT2D eigenvalue weighted by Crippen LogP contribution is -2.47. The molecule has 4 heteroatoms. The molecule has 0 bridgehead atoms. The zero-order valence-electron chi connectivity index (χ0n) is 10.7. The average Bonchev–Trinajstić information content (AvgIpc) is 2.41. The molecule has 0 N–H and O–H groups in total. The molecule has 1 saturated heterocycles. The van der Waals surface area contributed by atoms with E-state index in [2.05, 4.69) is 34.8 Å². The van der Waals surface area contributed by atoms with Crippen LogP contribution in [0.3, 0.4) is 0 Å². The van der Waals surface area contributed by atoms with Gasteiger partial charge in [0.2, 0.25) is 0 Å². The summed E-state index contributed by atoms with van der Waals surface area (Å²) in [5, 5.41) is 1.11. The summed E-state index contributed by atoms with van der Waals surface area (Å²) in [6.45, 7) is 5.90. The van der Waals surface area contributed by atoms with Gasteiger partial charge in [-0.2, -0.15) is 0 Å². The van der Waals surface area contributed by atoms with Gasteiger partial charge in [-0.1, -0.05) is 12.1 Å². The first-order valence-electron chi connectivity index (χ1n) is 6.33. The van der Waals surface area contributed by atoms with Crippen molar-refractivity contribution in [2.24, 2.45) is 0 Å². The molecule has 0 spiro atoms. The topological polar surface area (TPSA) is 38.2 Å². The lowest BCUT2D eigenvalue weighted by atomic mass is 10.1. The summed E-state index contributed by atoms with van der Waals surface area (Å²) in [5.74, 6) is 1.02. The van der Waals surface area contributed by atoms with Crippen LogP contribution in [0.1, 0.15) is 13.8 Å². The van der Waals surface area contributed by atoms with Crippen molar-refractivity contribution in [1.82, 2.24) is 9.97 Å². The standard InChI is InChI=1S/C14H17N3O/c1-10-8-18-11(2)7-17(10)14-12-5-3-4-6-13(12)15-9-16-14/h3-6,9-11H,7-8H2,1-2H3/t10-,11+/m1/s1. The first-order valence-corrected chi connectivity index (χ1v) is 6.33. The van der Waals surface area contributed by atoms with Gasteiger partial charge in [-0.25, -0.2) is 9.97 Å². The van der Waals surface area contributed by atoms with E-state index in [9.17, 15) is 0 Å². The molecule has 0 aliphatic carbocycles. The van der Waals surface area contributed by atoms with Gasteiger partial charge in [-0.05, 0) is 26.0 Å². The number of aromatic nitrogens is 2. The Morgan fingerprint density at radius 2 is 2.06 bits per heavy atom. The highest BCUT2D eigenvalue weighted by molar-refractivity contribution is 5.89. The van der Waals surface area contributed by atoms with Gasteiger partial charge in [0.05, 0.1) is 24.3 Å². The van der Waals surface area contributed by atoms with Crippen LogP contribution in [0.5, 0.6) is 0 Å². The van der Waals surface area contributed by atoms with E-state index in [0.717, 1.165) is 29.9 Å². The van der Waals surface area contributed by atoms with Crippen molar-refractivity contribution in [3.05, 3.63) is 30.6 Å². The van der Waals surface area contributed by atoms with Crippen LogP contribution in [-0.2, 0) is 4.74 Å². The molecule has 94 valence electrons. The van der Waals surface area contributed by atoms with Crippen molar-refractivity contribution in [1.29, 1.82) is 0 Å². The second-order valence-electron chi connectivity index (χ2n) is 4.86. The van der Waals surface area contributed by atoms with Crippen molar-refractivity contribution in [3.8, 4) is 0 Å².